The number of carbonyl (C=O) groups is 2. The van der Waals surface area contributed by atoms with Gasteiger partial charge in [0.1, 0.15) is 23.7 Å². The molecule has 2 aromatic carbocycles. The van der Waals surface area contributed by atoms with Crippen LogP contribution in [0.1, 0.15) is 56.2 Å². The predicted octanol–water partition coefficient (Wildman–Crippen LogP) is 5.11. The lowest BCUT2D eigenvalue weighted by Gasteiger charge is -2.30. The molecule has 3 heterocycles. The van der Waals surface area contributed by atoms with Gasteiger partial charge in [0.2, 0.25) is 11.1 Å². The van der Waals surface area contributed by atoms with Crippen LogP contribution in [0.25, 0.3) is 0 Å². The number of benzene rings is 2. The Labute approximate surface area is 259 Å². The van der Waals surface area contributed by atoms with Gasteiger partial charge >= 0.3 is 5.97 Å². The summed E-state index contributed by atoms with van der Waals surface area (Å²) in [5.74, 6) is 0.628. The summed E-state index contributed by atoms with van der Waals surface area (Å²) in [6.45, 7) is 3.95. The van der Waals surface area contributed by atoms with Crippen LogP contribution in [0.3, 0.4) is 0 Å². The fourth-order valence-corrected chi connectivity index (χ4v) is 6.53. The number of halogens is 1. The maximum atomic E-state index is 14.2. The van der Waals surface area contributed by atoms with Crippen LogP contribution in [-0.2, 0) is 24.8 Å². The Morgan fingerprint density at radius 3 is 2.57 bits per heavy atom. The summed E-state index contributed by atoms with van der Waals surface area (Å²) in [6.07, 6.45) is 4.85. The molecule has 3 aliphatic rings. The number of ether oxygens (including phenoxy) is 3. The standard InChI is InChI=1S/C32H36FN5O5S/c1-21-28(30(40)43-25-8-3-2-4-9-25)29(22-11-13-24(14-12-22)42-19-27(39)37-15-17-41-18-16-37)38-31(34-21)35-32(36-38)44-20-23-7-5-6-10-26(23)33/h5-7,10-14,25,29H,2-4,8-9,15-20H2,1H3,(H,34,35,36). The van der Waals surface area contributed by atoms with Gasteiger partial charge in [0.25, 0.3) is 5.91 Å². The molecule has 1 saturated heterocycles. The van der Waals surface area contributed by atoms with Crippen LogP contribution in [-0.4, -0.2) is 70.6 Å². The van der Waals surface area contributed by atoms with Crippen molar-refractivity contribution in [1.29, 1.82) is 0 Å². The smallest absolute Gasteiger partial charge is 0.338 e. The lowest BCUT2D eigenvalue weighted by atomic mass is 9.95. The van der Waals surface area contributed by atoms with Crippen molar-refractivity contribution in [2.45, 2.75) is 62.1 Å². The minimum atomic E-state index is -0.610. The van der Waals surface area contributed by atoms with Crippen molar-refractivity contribution in [3.05, 3.63) is 76.7 Å². The van der Waals surface area contributed by atoms with Gasteiger partial charge in [-0.05, 0) is 61.9 Å². The van der Waals surface area contributed by atoms with E-state index >= 15 is 0 Å². The van der Waals surface area contributed by atoms with Crippen molar-refractivity contribution < 1.29 is 28.2 Å². The number of amides is 1. The number of anilines is 1. The molecule has 0 spiro atoms. The number of morpholine rings is 1. The molecule has 2 aliphatic heterocycles. The fourth-order valence-electron chi connectivity index (χ4n) is 5.72. The lowest BCUT2D eigenvalue weighted by Crippen LogP contribution is -2.42. The van der Waals surface area contributed by atoms with Crippen molar-refractivity contribution in [2.24, 2.45) is 0 Å². The Kier molecular flexibility index (Phi) is 9.46. The molecule has 6 rings (SSSR count). The number of thioether (sulfide) groups is 1. The average molecular weight is 622 g/mol. The monoisotopic (exact) mass is 621 g/mol. The van der Waals surface area contributed by atoms with E-state index in [0.29, 0.717) is 65.7 Å². The van der Waals surface area contributed by atoms with Crippen molar-refractivity contribution in [3.63, 3.8) is 0 Å². The number of fused-ring (bicyclic) bond motifs is 1. The molecular weight excluding hydrogens is 585 g/mol. The predicted molar refractivity (Wildman–Crippen MR) is 163 cm³/mol. The molecule has 232 valence electrons. The first-order valence-electron chi connectivity index (χ1n) is 15.1. The van der Waals surface area contributed by atoms with Gasteiger partial charge < -0.3 is 24.4 Å². The third-order valence-corrected chi connectivity index (χ3v) is 9.00. The summed E-state index contributed by atoms with van der Waals surface area (Å²) in [5, 5.41) is 8.44. The molecule has 1 N–H and O–H groups in total. The zero-order chi connectivity index (χ0) is 30.5. The highest BCUT2D eigenvalue weighted by atomic mass is 32.2. The first-order valence-corrected chi connectivity index (χ1v) is 16.0. The highest BCUT2D eigenvalue weighted by Crippen LogP contribution is 2.38. The molecule has 10 nitrogen and oxygen atoms in total. The van der Waals surface area contributed by atoms with E-state index in [4.69, 9.17) is 19.3 Å². The number of nitrogens with one attached hydrogen (secondary N) is 1. The molecule has 0 bridgehead atoms. The zero-order valence-corrected chi connectivity index (χ0v) is 25.5. The van der Waals surface area contributed by atoms with Gasteiger partial charge in [-0.3, -0.25) is 4.79 Å². The molecule has 0 radical (unpaired) electrons. The van der Waals surface area contributed by atoms with E-state index in [2.05, 4.69) is 10.3 Å². The van der Waals surface area contributed by atoms with E-state index in [1.54, 1.807) is 39.9 Å². The number of rotatable bonds is 9. The number of hydrogen-bond acceptors (Lipinski definition) is 9. The molecule has 1 amide bonds. The molecule has 1 unspecified atom stereocenters. The number of allylic oxidation sites excluding steroid dienone is 1. The Hall–Kier alpha value is -3.90. The van der Waals surface area contributed by atoms with E-state index in [0.717, 1.165) is 37.7 Å². The lowest BCUT2D eigenvalue weighted by molar-refractivity contribution is -0.146. The van der Waals surface area contributed by atoms with Crippen LogP contribution in [0, 0.1) is 5.82 Å². The van der Waals surface area contributed by atoms with Crippen molar-refractivity contribution in [3.8, 4) is 5.75 Å². The Morgan fingerprint density at radius 2 is 1.82 bits per heavy atom. The Morgan fingerprint density at radius 1 is 1.07 bits per heavy atom. The highest BCUT2D eigenvalue weighted by Gasteiger charge is 2.36. The van der Waals surface area contributed by atoms with Crippen molar-refractivity contribution >= 4 is 29.6 Å². The van der Waals surface area contributed by atoms with Gasteiger partial charge in [-0.25, -0.2) is 13.9 Å². The van der Waals surface area contributed by atoms with E-state index in [-0.39, 0.29) is 30.4 Å². The van der Waals surface area contributed by atoms with Gasteiger partial charge in [0, 0.05) is 24.5 Å². The molecule has 44 heavy (non-hydrogen) atoms. The Bertz CT molecular complexity index is 1520. The first-order chi connectivity index (χ1) is 21.5. The molecule has 1 saturated carbocycles. The average Bonchev–Trinajstić information content (AvgIpc) is 3.46. The van der Waals surface area contributed by atoms with Crippen LogP contribution >= 0.6 is 11.8 Å². The largest absolute Gasteiger partial charge is 0.484 e. The van der Waals surface area contributed by atoms with Gasteiger partial charge in [-0.15, -0.1) is 5.10 Å². The van der Waals surface area contributed by atoms with Gasteiger partial charge in [0.15, 0.2) is 6.61 Å². The Balaban J connectivity index is 1.24. The molecule has 12 heteroatoms. The van der Waals surface area contributed by atoms with E-state index in [1.165, 1.54) is 17.8 Å². The number of hydrogen-bond donors (Lipinski definition) is 1. The third kappa shape index (κ3) is 6.91. The second-order valence-electron chi connectivity index (χ2n) is 11.1. The van der Waals surface area contributed by atoms with Gasteiger partial charge in [-0.1, -0.05) is 48.5 Å². The molecule has 1 aliphatic carbocycles. The quantitative estimate of drug-likeness (QED) is 0.258. The summed E-state index contributed by atoms with van der Waals surface area (Å²) in [7, 11) is 0. The minimum Gasteiger partial charge on any atom is -0.484 e. The minimum absolute atomic E-state index is 0.0690. The summed E-state index contributed by atoms with van der Waals surface area (Å²) in [6, 6.07) is 13.3. The number of esters is 1. The van der Waals surface area contributed by atoms with Crippen LogP contribution in [0.5, 0.6) is 5.75 Å². The van der Waals surface area contributed by atoms with Crippen LogP contribution in [0.2, 0.25) is 0 Å². The number of aromatic nitrogens is 3. The normalized spacial score (nSPS) is 18.9. The second kappa shape index (κ2) is 13.8. The van der Waals surface area contributed by atoms with E-state index in [1.807, 2.05) is 19.1 Å². The highest BCUT2D eigenvalue weighted by molar-refractivity contribution is 7.98. The van der Waals surface area contributed by atoms with Crippen molar-refractivity contribution in [1.82, 2.24) is 19.7 Å². The van der Waals surface area contributed by atoms with Gasteiger partial charge in [0.05, 0.1) is 18.8 Å². The summed E-state index contributed by atoms with van der Waals surface area (Å²) in [4.78, 5) is 32.7. The SMILES string of the molecule is CC1=C(C(=O)OC2CCCCC2)C(c2ccc(OCC(=O)N3CCOCC3)cc2)n2nc(SCc3ccccc3F)nc2N1. The van der Waals surface area contributed by atoms with Crippen LogP contribution in [0.15, 0.2) is 65.0 Å². The maximum absolute atomic E-state index is 14.2. The topological polar surface area (TPSA) is 108 Å². The molecule has 3 aromatic rings. The van der Waals surface area contributed by atoms with Gasteiger partial charge in [-0.2, -0.15) is 4.98 Å². The van der Waals surface area contributed by atoms with Crippen LogP contribution < -0.4 is 10.1 Å². The van der Waals surface area contributed by atoms with Crippen molar-refractivity contribution in [2.75, 3.05) is 38.2 Å². The molecule has 1 aromatic heterocycles. The maximum Gasteiger partial charge on any atom is 0.338 e. The fraction of sp³-hybridized carbons (Fsp3) is 0.438. The van der Waals surface area contributed by atoms with E-state index in [9.17, 15) is 14.0 Å². The first kappa shape index (κ1) is 30.1. The summed E-state index contributed by atoms with van der Waals surface area (Å²) < 4.78 is 33.1. The summed E-state index contributed by atoms with van der Waals surface area (Å²) in [5.41, 5.74) is 2.43. The third-order valence-electron chi connectivity index (χ3n) is 8.12. The summed E-state index contributed by atoms with van der Waals surface area (Å²) >= 11 is 1.32. The molecule has 2 fully saturated rings. The molecule has 1 atom stereocenters. The number of carbonyl (C=O) groups excluding carboxylic acids is 2. The van der Waals surface area contributed by atoms with Crippen LogP contribution in [0.4, 0.5) is 10.3 Å². The molecular formula is C32H36FN5O5S. The zero-order valence-electron chi connectivity index (χ0n) is 24.7. The van der Waals surface area contributed by atoms with E-state index < -0.39 is 6.04 Å². The second-order valence-corrected chi connectivity index (χ2v) is 12.1. The number of nitrogens with zero attached hydrogens (tertiary/aromatic N) is 4.